The Hall–Kier alpha value is -1.00. The summed E-state index contributed by atoms with van der Waals surface area (Å²) in [4.78, 5) is 0. The van der Waals surface area contributed by atoms with Gasteiger partial charge < -0.3 is 10.5 Å². The van der Waals surface area contributed by atoms with Gasteiger partial charge in [0.05, 0.1) is 6.10 Å². The van der Waals surface area contributed by atoms with Crippen molar-refractivity contribution in [3.63, 3.8) is 0 Å². The van der Waals surface area contributed by atoms with Crippen molar-refractivity contribution in [2.45, 2.75) is 25.5 Å². The molecule has 1 rings (SSSR count). The maximum Gasteiger partial charge on any atom is 0.129 e. The predicted molar refractivity (Wildman–Crippen MR) is 54.5 cm³/mol. The number of hydrogen-bond acceptors (Lipinski definition) is 2. The Labute approximate surface area is 88.0 Å². The highest BCUT2D eigenvalue weighted by atomic mass is 19.1. The monoisotopic (exact) mass is 215 g/mol. The first-order chi connectivity index (χ1) is 7.04. The van der Waals surface area contributed by atoms with Gasteiger partial charge in [-0.3, -0.25) is 0 Å². The summed E-state index contributed by atoms with van der Waals surface area (Å²) in [6.07, 6.45) is 0.177. The maximum absolute atomic E-state index is 13.2. The SMILES string of the molecule is COC(C)C(N)Cc1ccc(F)cc1F. The van der Waals surface area contributed by atoms with Crippen LogP contribution < -0.4 is 5.73 Å². The quantitative estimate of drug-likeness (QED) is 0.832. The van der Waals surface area contributed by atoms with E-state index in [0.29, 0.717) is 12.0 Å². The van der Waals surface area contributed by atoms with Crippen LogP contribution in [0.4, 0.5) is 8.78 Å². The molecule has 0 aliphatic rings. The van der Waals surface area contributed by atoms with Gasteiger partial charge in [-0.05, 0) is 25.0 Å². The summed E-state index contributed by atoms with van der Waals surface area (Å²) in [5.41, 5.74) is 6.19. The smallest absolute Gasteiger partial charge is 0.129 e. The Kier molecular flexibility index (Phi) is 4.17. The molecule has 0 aliphatic heterocycles. The van der Waals surface area contributed by atoms with Crippen molar-refractivity contribution < 1.29 is 13.5 Å². The average Bonchev–Trinajstić information content (AvgIpc) is 2.20. The van der Waals surface area contributed by atoms with Crippen LogP contribution in [-0.4, -0.2) is 19.3 Å². The third kappa shape index (κ3) is 3.25. The number of hydrogen-bond donors (Lipinski definition) is 1. The molecule has 84 valence electrons. The molecule has 1 aromatic rings. The van der Waals surface area contributed by atoms with E-state index in [1.807, 2.05) is 6.92 Å². The molecule has 0 spiro atoms. The van der Waals surface area contributed by atoms with Crippen molar-refractivity contribution >= 4 is 0 Å². The van der Waals surface area contributed by atoms with Gasteiger partial charge in [0.25, 0.3) is 0 Å². The lowest BCUT2D eigenvalue weighted by molar-refractivity contribution is 0.0953. The molecule has 0 saturated heterocycles. The lowest BCUT2D eigenvalue weighted by Gasteiger charge is -2.18. The molecule has 0 aliphatic carbocycles. The van der Waals surface area contributed by atoms with Gasteiger partial charge in [0.15, 0.2) is 0 Å². The van der Waals surface area contributed by atoms with E-state index in [1.54, 1.807) is 7.11 Å². The molecular weight excluding hydrogens is 200 g/mol. The molecule has 0 bridgehead atoms. The van der Waals surface area contributed by atoms with Gasteiger partial charge in [-0.25, -0.2) is 8.78 Å². The number of ether oxygens (including phenoxy) is 1. The summed E-state index contributed by atoms with van der Waals surface area (Å²) in [7, 11) is 1.55. The van der Waals surface area contributed by atoms with E-state index in [1.165, 1.54) is 12.1 Å². The van der Waals surface area contributed by atoms with E-state index in [2.05, 4.69) is 0 Å². The van der Waals surface area contributed by atoms with Crippen molar-refractivity contribution in [3.05, 3.63) is 35.4 Å². The van der Waals surface area contributed by atoms with Crippen molar-refractivity contribution in [1.82, 2.24) is 0 Å². The van der Waals surface area contributed by atoms with Crippen molar-refractivity contribution in [2.24, 2.45) is 5.73 Å². The minimum Gasteiger partial charge on any atom is -0.380 e. The third-order valence-electron chi connectivity index (χ3n) is 2.45. The molecule has 0 aromatic heterocycles. The van der Waals surface area contributed by atoms with E-state index < -0.39 is 11.6 Å². The first-order valence-corrected chi connectivity index (χ1v) is 4.77. The number of nitrogens with two attached hydrogens (primary N) is 1. The summed E-state index contributed by atoms with van der Waals surface area (Å²) < 4.78 is 30.9. The van der Waals surface area contributed by atoms with Crippen LogP contribution in [-0.2, 0) is 11.2 Å². The summed E-state index contributed by atoms with van der Waals surface area (Å²) >= 11 is 0. The standard InChI is InChI=1S/C11H15F2NO/c1-7(15-2)11(14)5-8-3-4-9(12)6-10(8)13/h3-4,6-7,11H,5,14H2,1-2H3. The molecule has 0 radical (unpaired) electrons. The van der Waals surface area contributed by atoms with Gasteiger partial charge in [-0.1, -0.05) is 6.07 Å². The number of methoxy groups -OCH3 is 1. The molecule has 0 heterocycles. The minimum atomic E-state index is -0.579. The highest BCUT2D eigenvalue weighted by Crippen LogP contribution is 2.12. The van der Waals surface area contributed by atoms with Crippen LogP contribution in [0.5, 0.6) is 0 Å². The first-order valence-electron chi connectivity index (χ1n) is 4.77. The molecule has 2 atom stereocenters. The third-order valence-corrected chi connectivity index (χ3v) is 2.45. The lowest BCUT2D eigenvalue weighted by Crippen LogP contribution is -2.36. The Balaban J connectivity index is 2.72. The Morgan fingerprint density at radius 2 is 2.07 bits per heavy atom. The van der Waals surface area contributed by atoms with E-state index in [4.69, 9.17) is 10.5 Å². The minimum absolute atomic E-state index is 0.158. The maximum atomic E-state index is 13.2. The molecule has 0 saturated carbocycles. The van der Waals surface area contributed by atoms with Crippen LogP contribution in [0.25, 0.3) is 0 Å². The zero-order valence-corrected chi connectivity index (χ0v) is 8.84. The summed E-state index contributed by atoms with van der Waals surface area (Å²) in [6, 6.07) is 3.20. The summed E-state index contributed by atoms with van der Waals surface area (Å²) in [5.74, 6) is -1.14. The van der Waals surface area contributed by atoms with Crippen LogP contribution in [0.15, 0.2) is 18.2 Å². The second-order valence-corrected chi connectivity index (χ2v) is 3.54. The molecular formula is C11H15F2NO. The zero-order valence-electron chi connectivity index (χ0n) is 8.84. The van der Waals surface area contributed by atoms with Gasteiger partial charge >= 0.3 is 0 Å². The van der Waals surface area contributed by atoms with E-state index in [-0.39, 0.29) is 12.1 Å². The normalized spacial score (nSPS) is 15.0. The lowest BCUT2D eigenvalue weighted by atomic mass is 10.0. The molecule has 2 unspecified atom stereocenters. The van der Waals surface area contributed by atoms with Crippen LogP contribution in [0.2, 0.25) is 0 Å². The average molecular weight is 215 g/mol. The zero-order chi connectivity index (χ0) is 11.4. The van der Waals surface area contributed by atoms with Crippen molar-refractivity contribution in [1.29, 1.82) is 0 Å². The summed E-state index contributed by atoms with van der Waals surface area (Å²) in [5, 5.41) is 0. The van der Waals surface area contributed by atoms with Crippen molar-refractivity contribution in [3.8, 4) is 0 Å². The number of halogens is 2. The second kappa shape index (κ2) is 5.19. The number of rotatable bonds is 4. The molecule has 15 heavy (non-hydrogen) atoms. The largest absolute Gasteiger partial charge is 0.380 e. The predicted octanol–water partition coefficient (Wildman–Crippen LogP) is 1.87. The van der Waals surface area contributed by atoms with Crippen LogP contribution in [0, 0.1) is 11.6 Å². The van der Waals surface area contributed by atoms with Crippen LogP contribution >= 0.6 is 0 Å². The first kappa shape index (κ1) is 12.1. The van der Waals surface area contributed by atoms with Gasteiger partial charge in [0.1, 0.15) is 11.6 Å². The van der Waals surface area contributed by atoms with Gasteiger partial charge in [-0.2, -0.15) is 0 Å². The van der Waals surface area contributed by atoms with Crippen LogP contribution in [0.1, 0.15) is 12.5 Å². The van der Waals surface area contributed by atoms with E-state index in [0.717, 1.165) is 6.07 Å². The molecule has 0 fully saturated rings. The van der Waals surface area contributed by atoms with E-state index >= 15 is 0 Å². The Morgan fingerprint density at radius 3 is 2.60 bits per heavy atom. The fourth-order valence-electron chi connectivity index (χ4n) is 1.28. The summed E-state index contributed by atoms with van der Waals surface area (Å²) in [6.45, 7) is 1.81. The molecule has 2 nitrogen and oxygen atoms in total. The molecule has 1 aromatic carbocycles. The Bertz CT molecular complexity index is 330. The second-order valence-electron chi connectivity index (χ2n) is 3.54. The van der Waals surface area contributed by atoms with Gasteiger partial charge in [0, 0.05) is 19.2 Å². The highest BCUT2D eigenvalue weighted by Gasteiger charge is 2.14. The fourth-order valence-corrected chi connectivity index (χ4v) is 1.28. The number of benzene rings is 1. The molecule has 2 N–H and O–H groups in total. The van der Waals surface area contributed by atoms with Gasteiger partial charge in [0.2, 0.25) is 0 Å². The molecule has 4 heteroatoms. The van der Waals surface area contributed by atoms with E-state index in [9.17, 15) is 8.78 Å². The fraction of sp³-hybridized carbons (Fsp3) is 0.455. The van der Waals surface area contributed by atoms with Crippen LogP contribution in [0.3, 0.4) is 0 Å². The topological polar surface area (TPSA) is 35.2 Å². The van der Waals surface area contributed by atoms with Gasteiger partial charge in [-0.15, -0.1) is 0 Å². The van der Waals surface area contributed by atoms with Crippen molar-refractivity contribution in [2.75, 3.05) is 7.11 Å². The molecule has 0 amide bonds. The Morgan fingerprint density at radius 1 is 1.40 bits per heavy atom. The highest BCUT2D eigenvalue weighted by molar-refractivity contribution is 5.19.